The van der Waals surface area contributed by atoms with E-state index in [0.29, 0.717) is 0 Å². The van der Waals surface area contributed by atoms with E-state index in [1.54, 1.807) is 16.4 Å². The van der Waals surface area contributed by atoms with Gasteiger partial charge in [-0.05, 0) is 25.1 Å². The van der Waals surface area contributed by atoms with Crippen molar-refractivity contribution in [1.29, 1.82) is 0 Å². The number of nitrogens with two attached hydrogens (primary N) is 1. The Labute approximate surface area is 116 Å². The molecule has 2 unspecified atom stereocenters. The van der Waals surface area contributed by atoms with Gasteiger partial charge < -0.3 is 5.73 Å². The lowest BCUT2D eigenvalue weighted by Gasteiger charge is -2.19. The second kappa shape index (κ2) is 5.78. The van der Waals surface area contributed by atoms with Crippen molar-refractivity contribution in [3.05, 3.63) is 47.2 Å². The SMILES string of the molecule is CC(N)C(Sc1cccc(Cl)c1)c1cnn(C)c1. The molecule has 0 radical (unpaired) electrons. The number of aryl methyl sites for hydroxylation is 1. The van der Waals surface area contributed by atoms with Crippen LogP contribution in [0.3, 0.4) is 0 Å². The molecular formula is C13H16ClN3S. The van der Waals surface area contributed by atoms with E-state index in [-0.39, 0.29) is 11.3 Å². The van der Waals surface area contributed by atoms with Crippen molar-refractivity contribution in [2.24, 2.45) is 12.8 Å². The smallest absolute Gasteiger partial charge is 0.0533 e. The molecular weight excluding hydrogens is 266 g/mol. The zero-order chi connectivity index (χ0) is 13.1. The number of nitrogens with zero attached hydrogens (tertiary/aromatic N) is 2. The van der Waals surface area contributed by atoms with Crippen LogP contribution in [0.5, 0.6) is 0 Å². The van der Waals surface area contributed by atoms with Crippen molar-refractivity contribution >= 4 is 23.4 Å². The largest absolute Gasteiger partial charge is 0.327 e. The molecule has 1 heterocycles. The summed E-state index contributed by atoms with van der Waals surface area (Å²) in [6.45, 7) is 2.01. The lowest BCUT2D eigenvalue weighted by Crippen LogP contribution is -2.22. The van der Waals surface area contributed by atoms with Gasteiger partial charge in [0.05, 0.1) is 11.4 Å². The van der Waals surface area contributed by atoms with Crippen molar-refractivity contribution in [1.82, 2.24) is 9.78 Å². The van der Waals surface area contributed by atoms with Crippen LogP contribution in [0.15, 0.2) is 41.6 Å². The van der Waals surface area contributed by atoms with Gasteiger partial charge >= 0.3 is 0 Å². The summed E-state index contributed by atoms with van der Waals surface area (Å²) in [6.07, 6.45) is 3.87. The zero-order valence-electron chi connectivity index (χ0n) is 10.4. The van der Waals surface area contributed by atoms with Gasteiger partial charge in [0.1, 0.15) is 0 Å². The minimum atomic E-state index is 0.0400. The highest BCUT2D eigenvalue weighted by molar-refractivity contribution is 7.99. The van der Waals surface area contributed by atoms with Crippen molar-refractivity contribution < 1.29 is 0 Å². The van der Waals surface area contributed by atoms with Crippen LogP contribution >= 0.6 is 23.4 Å². The molecule has 0 bridgehead atoms. The molecule has 0 amide bonds. The summed E-state index contributed by atoms with van der Waals surface area (Å²) >= 11 is 7.71. The Kier molecular flexibility index (Phi) is 4.32. The van der Waals surface area contributed by atoms with E-state index >= 15 is 0 Å². The van der Waals surface area contributed by atoms with Gasteiger partial charge in [-0.25, -0.2) is 0 Å². The van der Waals surface area contributed by atoms with Gasteiger partial charge in [0, 0.05) is 34.8 Å². The molecule has 2 rings (SSSR count). The number of thioether (sulfide) groups is 1. The fourth-order valence-electron chi connectivity index (χ4n) is 1.75. The molecule has 0 fully saturated rings. The first-order valence-corrected chi connectivity index (χ1v) is 6.98. The van der Waals surface area contributed by atoms with E-state index in [0.717, 1.165) is 15.5 Å². The minimum absolute atomic E-state index is 0.0400. The third-order valence-electron chi connectivity index (χ3n) is 2.59. The molecule has 18 heavy (non-hydrogen) atoms. The Morgan fingerprint density at radius 1 is 1.44 bits per heavy atom. The Morgan fingerprint density at radius 2 is 2.22 bits per heavy atom. The van der Waals surface area contributed by atoms with Crippen molar-refractivity contribution in [2.75, 3.05) is 0 Å². The van der Waals surface area contributed by atoms with Gasteiger partial charge in [-0.1, -0.05) is 17.7 Å². The first kappa shape index (κ1) is 13.5. The maximum atomic E-state index is 6.07. The molecule has 0 aliphatic carbocycles. The quantitative estimate of drug-likeness (QED) is 0.875. The predicted octanol–water partition coefficient (Wildman–Crippen LogP) is 3.25. The summed E-state index contributed by atoms with van der Waals surface area (Å²) in [7, 11) is 1.91. The van der Waals surface area contributed by atoms with E-state index < -0.39 is 0 Å². The second-order valence-corrected chi connectivity index (χ2v) is 5.95. The monoisotopic (exact) mass is 281 g/mol. The molecule has 0 aliphatic rings. The summed E-state index contributed by atoms with van der Waals surface area (Å²) in [5, 5.41) is 5.12. The molecule has 96 valence electrons. The van der Waals surface area contributed by atoms with Crippen molar-refractivity contribution in [3.63, 3.8) is 0 Å². The van der Waals surface area contributed by atoms with E-state index in [2.05, 4.69) is 5.10 Å². The minimum Gasteiger partial charge on any atom is -0.327 e. The summed E-state index contributed by atoms with van der Waals surface area (Å²) in [4.78, 5) is 1.12. The number of hydrogen-bond donors (Lipinski definition) is 1. The lowest BCUT2D eigenvalue weighted by molar-refractivity contribution is 0.718. The van der Waals surface area contributed by atoms with Crippen LogP contribution in [0.2, 0.25) is 5.02 Å². The molecule has 1 aromatic carbocycles. The van der Waals surface area contributed by atoms with Crippen LogP contribution in [-0.4, -0.2) is 15.8 Å². The van der Waals surface area contributed by atoms with Crippen LogP contribution in [0.4, 0.5) is 0 Å². The average Bonchev–Trinajstić information content (AvgIpc) is 2.72. The molecule has 0 aliphatic heterocycles. The molecule has 5 heteroatoms. The van der Waals surface area contributed by atoms with Gasteiger partial charge in [-0.2, -0.15) is 5.10 Å². The Balaban J connectivity index is 2.22. The van der Waals surface area contributed by atoms with Gasteiger partial charge in [0.25, 0.3) is 0 Å². The van der Waals surface area contributed by atoms with E-state index in [1.807, 2.05) is 50.6 Å². The molecule has 3 nitrogen and oxygen atoms in total. The highest BCUT2D eigenvalue weighted by Crippen LogP contribution is 2.37. The topological polar surface area (TPSA) is 43.8 Å². The third-order valence-corrected chi connectivity index (χ3v) is 4.31. The molecule has 1 aromatic heterocycles. The van der Waals surface area contributed by atoms with Crippen LogP contribution in [0, 0.1) is 0 Å². The maximum absolute atomic E-state index is 6.07. The fraction of sp³-hybridized carbons (Fsp3) is 0.308. The second-order valence-electron chi connectivity index (χ2n) is 4.30. The molecule has 0 saturated heterocycles. The summed E-state index contributed by atoms with van der Waals surface area (Å²) in [6, 6.07) is 7.86. The van der Waals surface area contributed by atoms with E-state index in [9.17, 15) is 0 Å². The first-order chi connectivity index (χ1) is 8.56. The fourth-order valence-corrected chi connectivity index (χ4v) is 3.13. The van der Waals surface area contributed by atoms with Crippen LogP contribution in [0.25, 0.3) is 0 Å². The highest BCUT2D eigenvalue weighted by Gasteiger charge is 2.19. The number of aromatic nitrogens is 2. The number of benzene rings is 1. The number of rotatable bonds is 4. The highest BCUT2D eigenvalue weighted by atomic mass is 35.5. The van der Waals surface area contributed by atoms with Gasteiger partial charge in [-0.15, -0.1) is 11.8 Å². The number of hydrogen-bond acceptors (Lipinski definition) is 3. The maximum Gasteiger partial charge on any atom is 0.0533 e. The predicted molar refractivity (Wildman–Crippen MR) is 76.9 cm³/mol. The standard InChI is InChI=1S/C13H16ClN3S/c1-9(15)13(10-7-16-17(2)8-10)18-12-5-3-4-11(14)6-12/h3-9,13H,15H2,1-2H3. The summed E-state index contributed by atoms with van der Waals surface area (Å²) in [5.41, 5.74) is 7.21. The third kappa shape index (κ3) is 3.28. The van der Waals surface area contributed by atoms with Gasteiger partial charge in [0.15, 0.2) is 0 Å². The summed E-state index contributed by atoms with van der Waals surface area (Å²) < 4.78 is 1.79. The molecule has 2 atom stereocenters. The van der Waals surface area contributed by atoms with Crippen molar-refractivity contribution in [3.8, 4) is 0 Å². The Morgan fingerprint density at radius 3 is 2.78 bits per heavy atom. The van der Waals surface area contributed by atoms with E-state index in [1.165, 1.54) is 0 Å². The zero-order valence-corrected chi connectivity index (χ0v) is 11.9. The van der Waals surface area contributed by atoms with Crippen LogP contribution in [0.1, 0.15) is 17.7 Å². The average molecular weight is 282 g/mol. The summed E-state index contributed by atoms with van der Waals surface area (Å²) in [5.74, 6) is 0. The molecule has 2 aromatic rings. The molecule has 0 spiro atoms. The van der Waals surface area contributed by atoms with Crippen molar-refractivity contribution in [2.45, 2.75) is 23.1 Å². The van der Waals surface area contributed by atoms with E-state index in [4.69, 9.17) is 17.3 Å². The lowest BCUT2D eigenvalue weighted by atomic mass is 10.1. The molecule has 0 saturated carbocycles. The Hall–Kier alpha value is -0.970. The Bertz CT molecular complexity index is 524. The number of halogens is 1. The van der Waals surface area contributed by atoms with Crippen LogP contribution < -0.4 is 5.73 Å². The van der Waals surface area contributed by atoms with Gasteiger partial charge in [0.2, 0.25) is 0 Å². The molecule has 2 N–H and O–H groups in total. The van der Waals surface area contributed by atoms with Gasteiger partial charge in [-0.3, -0.25) is 4.68 Å². The normalized spacial score (nSPS) is 14.4. The first-order valence-electron chi connectivity index (χ1n) is 5.72. The van der Waals surface area contributed by atoms with Crippen LogP contribution in [-0.2, 0) is 7.05 Å².